The van der Waals surface area contributed by atoms with Gasteiger partial charge in [0.05, 0.1) is 11.0 Å². The van der Waals surface area contributed by atoms with Crippen molar-refractivity contribution in [1.29, 1.82) is 0 Å². The third-order valence-corrected chi connectivity index (χ3v) is 3.91. The number of rotatable bonds is 2. The summed E-state index contributed by atoms with van der Waals surface area (Å²) < 4.78 is 0. The van der Waals surface area contributed by atoms with Crippen LogP contribution in [0.3, 0.4) is 0 Å². The van der Waals surface area contributed by atoms with Crippen LogP contribution in [0.2, 0.25) is 0 Å². The van der Waals surface area contributed by atoms with Crippen molar-refractivity contribution in [3.63, 3.8) is 0 Å². The maximum atomic E-state index is 12.5. The Morgan fingerprint density at radius 2 is 1.35 bits per heavy atom. The summed E-state index contributed by atoms with van der Waals surface area (Å²) in [7, 11) is 0. The van der Waals surface area contributed by atoms with Crippen LogP contribution in [-0.2, 0) is 0 Å². The quantitative estimate of drug-likeness (QED) is 0.601. The maximum Gasteiger partial charge on any atom is 0.256 e. The highest BCUT2D eigenvalue weighted by Crippen LogP contribution is 2.26. The van der Waals surface area contributed by atoms with E-state index in [1.165, 1.54) is 0 Å². The fraction of sp³-hybridized carbons (Fsp3) is 0. The molecule has 0 bridgehead atoms. The van der Waals surface area contributed by atoms with Gasteiger partial charge in [0.1, 0.15) is 0 Å². The summed E-state index contributed by atoms with van der Waals surface area (Å²) in [5.41, 5.74) is 5.01. The SMILES string of the molecule is O=c1[nH]c2c(-c3ccccc3)ccnc2cc1-c1ccccc1. The summed E-state index contributed by atoms with van der Waals surface area (Å²) in [5.74, 6) is 0. The van der Waals surface area contributed by atoms with E-state index < -0.39 is 0 Å². The number of aromatic nitrogens is 2. The first-order chi connectivity index (χ1) is 11.3. The lowest BCUT2D eigenvalue weighted by molar-refractivity contribution is 1.27. The standard InChI is InChI=1S/C20H14N2O/c23-20-17(15-9-5-2-6-10-15)13-18-19(22-20)16(11-12-21-18)14-7-3-1-4-8-14/h1-13H,(H,22,23). The van der Waals surface area contributed by atoms with Crippen molar-refractivity contribution in [2.24, 2.45) is 0 Å². The lowest BCUT2D eigenvalue weighted by Crippen LogP contribution is -2.09. The van der Waals surface area contributed by atoms with Crippen molar-refractivity contribution in [3.8, 4) is 22.3 Å². The van der Waals surface area contributed by atoms with Gasteiger partial charge in [0, 0.05) is 17.3 Å². The lowest BCUT2D eigenvalue weighted by Gasteiger charge is -2.08. The first-order valence-electron chi connectivity index (χ1n) is 7.46. The highest BCUT2D eigenvalue weighted by atomic mass is 16.1. The van der Waals surface area contributed by atoms with E-state index in [2.05, 4.69) is 9.97 Å². The Balaban J connectivity index is 1.98. The molecule has 23 heavy (non-hydrogen) atoms. The number of pyridine rings is 2. The predicted molar refractivity (Wildman–Crippen MR) is 93.2 cm³/mol. The molecule has 2 heterocycles. The first kappa shape index (κ1) is 13.5. The third-order valence-electron chi connectivity index (χ3n) is 3.91. The summed E-state index contributed by atoms with van der Waals surface area (Å²) in [5, 5.41) is 0. The van der Waals surface area contributed by atoms with Crippen LogP contribution in [-0.4, -0.2) is 9.97 Å². The molecule has 4 rings (SSSR count). The van der Waals surface area contributed by atoms with Crippen LogP contribution in [0.5, 0.6) is 0 Å². The molecule has 0 saturated carbocycles. The van der Waals surface area contributed by atoms with E-state index in [-0.39, 0.29) is 5.56 Å². The number of hydrogen-bond donors (Lipinski definition) is 1. The van der Waals surface area contributed by atoms with Crippen molar-refractivity contribution < 1.29 is 0 Å². The van der Waals surface area contributed by atoms with Crippen molar-refractivity contribution >= 4 is 11.0 Å². The molecule has 0 aliphatic rings. The van der Waals surface area contributed by atoms with Crippen LogP contribution >= 0.6 is 0 Å². The average Bonchev–Trinajstić information content (AvgIpc) is 2.62. The molecule has 0 atom stereocenters. The van der Waals surface area contributed by atoms with Gasteiger partial charge in [0.2, 0.25) is 0 Å². The molecule has 3 nitrogen and oxygen atoms in total. The second kappa shape index (κ2) is 5.54. The summed E-state index contributed by atoms with van der Waals surface area (Å²) in [6.07, 6.45) is 1.78. The van der Waals surface area contributed by atoms with Gasteiger partial charge in [-0.15, -0.1) is 0 Å². The summed E-state index contributed by atoms with van der Waals surface area (Å²) in [6.45, 7) is 0. The molecule has 0 saturated heterocycles. The van der Waals surface area contributed by atoms with Gasteiger partial charge in [-0.05, 0) is 23.3 Å². The van der Waals surface area contributed by atoms with Crippen molar-refractivity contribution in [2.75, 3.05) is 0 Å². The minimum Gasteiger partial charge on any atom is -0.320 e. The van der Waals surface area contributed by atoms with Gasteiger partial charge < -0.3 is 4.98 Å². The molecular formula is C20H14N2O. The smallest absolute Gasteiger partial charge is 0.256 e. The van der Waals surface area contributed by atoms with Crippen LogP contribution in [0.1, 0.15) is 0 Å². The zero-order valence-electron chi connectivity index (χ0n) is 12.4. The van der Waals surface area contributed by atoms with Gasteiger partial charge >= 0.3 is 0 Å². The fourth-order valence-corrected chi connectivity index (χ4v) is 2.79. The predicted octanol–water partition coefficient (Wildman–Crippen LogP) is 4.26. The number of nitrogens with one attached hydrogen (secondary N) is 1. The highest BCUT2D eigenvalue weighted by Gasteiger charge is 2.09. The molecule has 1 N–H and O–H groups in total. The summed E-state index contributed by atoms with van der Waals surface area (Å²) >= 11 is 0. The molecule has 0 radical (unpaired) electrons. The Kier molecular flexibility index (Phi) is 3.24. The van der Waals surface area contributed by atoms with Gasteiger partial charge in [0.15, 0.2) is 0 Å². The van der Waals surface area contributed by atoms with E-state index in [1.807, 2.05) is 72.8 Å². The molecule has 0 amide bonds. The van der Waals surface area contributed by atoms with Gasteiger partial charge in [-0.1, -0.05) is 60.7 Å². The van der Waals surface area contributed by atoms with E-state index in [9.17, 15) is 4.79 Å². The van der Waals surface area contributed by atoms with Crippen molar-refractivity contribution in [2.45, 2.75) is 0 Å². The van der Waals surface area contributed by atoms with E-state index in [1.54, 1.807) is 6.20 Å². The van der Waals surface area contributed by atoms with E-state index in [4.69, 9.17) is 0 Å². The molecule has 4 aromatic rings. The maximum absolute atomic E-state index is 12.5. The van der Waals surface area contributed by atoms with Crippen LogP contribution in [0.25, 0.3) is 33.3 Å². The zero-order chi connectivity index (χ0) is 15.6. The van der Waals surface area contributed by atoms with Gasteiger partial charge in [0.25, 0.3) is 5.56 Å². The monoisotopic (exact) mass is 298 g/mol. The minimum atomic E-state index is -0.103. The molecule has 2 aromatic heterocycles. The minimum absolute atomic E-state index is 0.103. The molecule has 0 spiro atoms. The Bertz CT molecular complexity index is 1020. The van der Waals surface area contributed by atoms with Gasteiger partial charge in [-0.3, -0.25) is 9.78 Å². The molecule has 110 valence electrons. The van der Waals surface area contributed by atoms with E-state index in [0.717, 1.165) is 27.7 Å². The second-order valence-electron chi connectivity index (χ2n) is 5.36. The molecule has 0 fully saturated rings. The molecular weight excluding hydrogens is 284 g/mol. The molecule has 0 unspecified atom stereocenters. The van der Waals surface area contributed by atoms with E-state index in [0.29, 0.717) is 5.56 Å². The number of benzene rings is 2. The Morgan fingerprint density at radius 1 is 0.739 bits per heavy atom. The fourth-order valence-electron chi connectivity index (χ4n) is 2.79. The van der Waals surface area contributed by atoms with Crippen molar-refractivity contribution in [3.05, 3.63) is 89.3 Å². The number of nitrogens with zero attached hydrogens (tertiary/aromatic N) is 1. The number of fused-ring (bicyclic) bond motifs is 1. The molecule has 2 aromatic carbocycles. The third kappa shape index (κ3) is 2.42. The summed E-state index contributed by atoms with van der Waals surface area (Å²) in [4.78, 5) is 20.0. The normalized spacial score (nSPS) is 10.8. The molecule has 0 aliphatic heterocycles. The second-order valence-corrected chi connectivity index (χ2v) is 5.36. The number of aromatic amines is 1. The first-order valence-corrected chi connectivity index (χ1v) is 7.46. The summed E-state index contributed by atoms with van der Waals surface area (Å²) in [6, 6.07) is 23.4. The van der Waals surface area contributed by atoms with E-state index >= 15 is 0 Å². The van der Waals surface area contributed by atoms with Crippen LogP contribution in [0, 0.1) is 0 Å². The molecule has 3 heteroatoms. The Hall–Kier alpha value is -3.20. The van der Waals surface area contributed by atoms with Crippen LogP contribution in [0.15, 0.2) is 83.8 Å². The lowest BCUT2D eigenvalue weighted by atomic mass is 10.0. The number of H-pyrrole nitrogens is 1. The largest absolute Gasteiger partial charge is 0.320 e. The topological polar surface area (TPSA) is 45.8 Å². The van der Waals surface area contributed by atoms with Gasteiger partial charge in [-0.25, -0.2) is 0 Å². The zero-order valence-corrected chi connectivity index (χ0v) is 12.4. The van der Waals surface area contributed by atoms with Crippen molar-refractivity contribution in [1.82, 2.24) is 9.97 Å². The average molecular weight is 298 g/mol. The Morgan fingerprint density at radius 3 is 2.00 bits per heavy atom. The molecule has 0 aliphatic carbocycles. The highest BCUT2D eigenvalue weighted by molar-refractivity contribution is 5.92. The number of hydrogen-bond acceptors (Lipinski definition) is 2. The Labute approximate surface area is 133 Å². The van der Waals surface area contributed by atoms with Crippen LogP contribution in [0.4, 0.5) is 0 Å². The van der Waals surface area contributed by atoms with Gasteiger partial charge in [-0.2, -0.15) is 0 Å². The van der Waals surface area contributed by atoms with Crippen LogP contribution < -0.4 is 5.56 Å².